The summed E-state index contributed by atoms with van der Waals surface area (Å²) in [6.45, 7) is 8.79. The zero-order valence-corrected chi connectivity index (χ0v) is 36.9. The van der Waals surface area contributed by atoms with Crippen LogP contribution >= 0.6 is 11.6 Å². The van der Waals surface area contributed by atoms with Crippen LogP contribution in [0, 0.1) is 11.8 Å². The quantitative estimate of drug-likeness (QED) is 0.102. The molecule has 5 aromatic rings. The van der Waals surface area contributed by atoms with Gasteiger partial charge in [0.25, 0.3) is 0 Å². The van der Waals surface area contributed by atoms with Crippen LogP contribution < -0.4 is 15.5 Å². The number of amides is 4. The summed E-state index contributed by atoms with van der Waals surface area (Å²) in [5.74, 6) is 0.929. The largest absolute Gasteiger partial charge is 0.453 e. The molecule has 0 bridgehead atoms. The molecule has 1 unspecified atom stereocenters. The fraction of sp³-hybridized carbons (Fsp3) is 0.478. The SMILES string of the molecule is COC(=O)NC(C(=O)N1CCC[C@H]1c1nc2cc([C@H]3CC[C@H](c4ccc5[nH]c([C@@H]6CCCN6C(=O)[C@@H](NC(=O)OC)C(C)C)nc5c4)N3c3ccc(Cl)cc3)ccc2[nH]1)C(C)C. The van der Waals surface area contributed by atoms with Crippen molar-refractivity contribution in [3.05, 3.63) is 88.5 Å². The topological polar surface area (TPSA) is 178 Å². The predicted octanol–water partition coefficient (Wildman–Crippen LogP) is 8.26. The molecule has 0 saturated carbocycles. The van der Waals surface area contributed by atoms with E-state index in [9.17, 15) is 19.2 Å². The molecule has 4 N–H and O–H groups in total. The summed E-state index contributed by atoms with van der Waals surface area (Å²) in [4.78, 5) is 75.2. The summed E-state index contributed by atoms with van der Waals surface area (Å²) < 4.78 is 9.63. The van der Waals surface area contributed by atoms with Gasteiger partial charge in [0.1, 0.15) is 23.7 Å². The summed E-state index contributed by atoms with van der Waals surface area (Å²) in [5, 5.41) is 6.12. The van der Waals surface area contributed by atoms with E-state index < -0.39 is 24.3 Å². The Hall–Kier alpha value is -5.83. The fourth-order valence-corrected chi connectivity index (χ4v) is 9.77. The number of halogens is 1. The standard InChI is InChI=1S/C46H56ClN9O6/c1-25(2)39(52-45(59)61-5)43(57)54-21-7-9-37(54)41-48-31-17-11-27(23-33(31)50-41)35-19-20-36(56(35)30-15-13-29(47)14-16-30)28-12-18-32-34(24-28)51-42(49-32)38-10-8-22-55(38)44(58)40(26(3)4)53-46(60)62-6/h11-18,23-26,35-40H,7-10,19-22H2,1-6H3,(H,48,50)(H,49,51)(H,52,59)(H,53,60)/t35-,36-,37+,38+,39+,40?/m1/s1. The first-order chi connectivity index (χ1) is 29.8. The van der Waals surface area contributed by atoms with E-state index in [1.165, 1.54) is 14.2 Å². The number of nitrogens with one attached hydrogen (secondary N) is 4. The number of anilines is 1. The smallest absolute Gasteiger partial charge is 0.407 e. The minimum atomic E-state index is -0.710. The molecule has 8 rings (SSSR count). The first-order valence-corrected chi connectivity index (χ1v) is 22.1. The molecule has 328 valence electrons. The van der Waals surface area contributed by atoms with Crippen LogP contribution in [0.15, 0.2) is 60.7 Å². The zero-order chi connectivity index (χ0) is 43.8. The number of rotatable bonds is 11. The lowest BCUT2D eigenvalue weighted by molar-refractivity contribution is -0.136. The molecular weight excluding hydrogens is 810 g/mol. The van der Waals surface area contributed by atoms with Crippen molar-refractivity contribution in [2.45, 2.75) is 102 Å². The number of aromatic amines is 2. The number of carbonyl (C=O) groups is 4. The van der Waals surface area contributed by atoms with Crippen molar-refractivity contribution in [3.8, 4) is 0 Å². The lowest BCUT2D eigenvalue weighted by Crippen LogP contribution is -2.51. The van der Waals surface area contributed by atoms with Gasteiger partial charge in [-0.25, -0.2) is 19.6 Å². The Labute approximate surface area is 366 Å². The van der Waals surface area contributed by atoms with E-state index in [0.29, 0.717) is 18.1 Å². The summed E-state index contributed by atoms with van der Waals surface area (Å²) in [5.41, 5.74) is 6.75. The molecule has 0 spiro atoms. The average Bonchev–Trinajstić information content (AvgIpc) is 4.12. The number of hydrogen-bond acceptors (Lipinski definition) is 9. The second kappa shape index (κ2) is 17.9. The monoisotopic (exact) mass is 865 g/mol. The number of aromatic nitrogens is 4. The van der Waals surface area contributed by atoms with E-state index in [1.807, 2.05) is 49.6 Å². The van der Waals surface area contributed by atoms with Crippen molar-refractivity contribution in [3.63, 3.8) is 0 Å². The molecule has 3 aromatic carbocycles. The highest BCUT2D eigenvalue weighted by atomic mass is 35.5. The van der Waals surface area contributed by atoms with Gasteiger partial charge in [0, 0.05) is 23.8 Å². The van der Waals surface area contributed by atoms with Crippen LogP contribution in [0.1, 0.15) is 113 Å². The van der Waals surface area contributed by atoms with Crippen molar-refractivity contribution < 1.29 is 28.7 Å². The Morgan fingerprint density at radius 2 is 1.08 bits per heavy atom. The maximum absolute atomic E-state index is 13.8. The Morgan fingerprint density at radius 3 is 1.48 bits per heavy atom. The molecule has 3 fully saturated rings. The third kappa shape index (κ3) is 8.38. The van der Waals surface area contributed by atoms with E-state index in [4.69, 9.17) is 31.0 Å². The van der Waals surface area contributed by atoms with E-state index >= 15 is 0 Å². The number of alkyl carbamates (subject to hydrolysis) is 2. The highest BCUT2D eigenvalue weighted by Crippen LogP contribution is 2.48. The van der Waals surface area contributed by atoms with Crippen LogP contribution in [0.3, 0.4) is 0 Å². The normalized spacial score (nSPS) is 21.3. The molecule has 62 heavy (non-hydrogen) atoms. The molecule has 6 atom stereocenters. The third-order valence-corrected chi connectivity index (χ3v) is 13.1. The van der Waals surface area contributed by atoms with Crippen LogP contribution in [0.4, 0.5) is 15.3 Å². The van der Waals surface area contributed by atoms with Crippen LogP contribution in [0.5, 0.6) is 0 Å². The number of nitrogens with zero attached hydrogens (tertiary/aromatic N) is 5. The van der Waals surface area contributed by atoms with Crippen molar-refractivity contribution in [2.75, 3.05) is 32.2 Å². The molecule has 0 aliphatic carbocycles. The van der Waals surface area contributed by atoms with Crippen molar-refractivity contribution in [1.82, 2.24) is 40.4 Å². The van der Waals surface area contributed by atoms with E-state index in [2.05, 4.69) is 74.0 Å². The van der Waals surface area contributed by atoms with Crippen LogP contribution in [-0.4, -0.2) is 93.1 Å². The van der Waals surface area contributed by atoms with E-state index in [0.717, 1.165) is 89.1 Å². The van der Waals surface area contributed by atoms with Gasteiger partial charge in [-0.05, 0) is 110 Å². The highest BCUT2D eigenvalue weighted by Gasteiger charge is 2.40. The minimum absolute atomic E-state index is 0.0301. The number of benzene rings is 3. The van der Waals surface area contributed by atoms with Gasteiger partial charge < -0.3 is 44.8 Å². The zero-order valence-electron chi connectivity index (χ0n) is 36.1. The number of methoxy groups -OCH3 is 2. The van der Waals surface area contributed by atoms with Gasteiger partial charge in [-0.15, -0.1) is 0 Å². The Balaban J connectivity index is 1.06. The van der Waals surface area contributed by atoms with Gasteiger partial charge in [0.15, 0.2) is 0 Å². The third-order valence-electron chi connectivity index (χ3n) is 12.8. The first kappa shape index (κ1) is 42.8. The van der Waals surface area contributed by atoms with Gasteiger partial charge in [-0.3, -0.25) is 9.59 Å². The summed E-state index contributed by atoms with van der Waals surface area (Å²) in [6.07, 6.45) is 3.73. The predicted molar refractivity (Wildman–Crippen MR) is 237 cm³/mol. The van der Waals surface area contributed by atoms with Crippen molar-refractivity contribution >= 4 is 63.4 Å². The molecule has 5 heterocycles. The van der Waals surface area contributed by atoms with Crippen LogP contribution in [0.2, 0.25) is 5.02 Å². The Morgan fingerprint density at radius 1 is 0.645 bits per heavy atom. The molecule has 4 amide bonds. The lowest BCUT2D eigenvalue weighted by atomic mass is 10.0. The molecule has 2 aromatic heterocycles. The maximum atomic E-state index is 13.8. The molecule has 3 saturated heterocycles. The number of hydrogen-bond donors (Lipinski definition) is 4. The van der Waals surface area contributed by atoms with E-state index in [1.54, 1.807) is 0 Å². The molecule has 0 radical (unpaired) electrons. The number of fused-ring (bicyclic) bond motifs is 2. The minimum Gasteiger partial charge on any atom is -0.453 e. The molecule has 3 aliphatic rings. The van der Waals surface area contributed by atoms with Gasteiger partial charge in [0.05, 0.1) is 60.5 Å². The Bertz CT molecular complexity index is 2300. The second-order valence-electron chi connectivity index (χ2n) is 17.4. The lowest BCUT2D eigenvalue weighted by Gasteiger charge is -2.33. The van der Waals surface area contributed by atoms with E-state index in [-0.39, 0.29) is 47.8 Å². The maximum Gasteiger partial charge on any atom is 0.407 e. The average molecular weight is 866 g/mol. The number of ether oxygens (including phenoxy) is 2. The number of H-pyrrole nitrogens is 2. The molecule has 16 heteroatoms. The Kier molecular flexibility index (Phi) is 12.4. The van der Waals surface area contributed by atoms with Gasteiger partial charge in [-0.2, -0.15) is 0 Å². The molecular formula is C46H56ClN9O6. The number of imidazole rings is 2. The van der Waals surface area contributed by atoms with Gasteiger partial charge in [-0.1, -0.05) is 51.4 Å². The first-order valence-electron chi connectivity index (χ1n) is 21.7. The molecule has 3 aliphatic heterocycles. The highest BCUT2D eigenvalue weighted by molar-refractivity contribution is 6.30. The van der Waals surface area contributed by atoms with Crippen LogP contribution in [-0.2, 0) is 19.1 Å². The van der Waals surface area contributed by atoms with Crippen molar-refractivity contribution in [2.24, 2.45) is 11.8 Å². The number of carbonyl (C=O) groups excluding carboxylic acids is 4. The van der Waals surface area contributed by atoms with Gasteiger partial charge in [0.2, 0.25) is 11.8 Å². The second-order valence-corrected chi connectivity index (χ2v) is 17.8. The summed E-state index contributed by atoms with van der Waals surface area (Å²) in [6, 6.07) is 18.9. The number of likely N-dealkylation sites (tertiary alicyclic amines) is 2. The molecule has 15 nitrogen and oxygen atoms in total. The van der Waals surface area contributed by atoms with Crippen molar-refractivity contribution in [1.29, 1.82) is 0 Å². The summed E-state index contributed by atoms with van der Waals surface area (Å²) >= 11 is 6.41. The summed E-state index contributed by atoms with van der Waals surface area (Å²) in [7, 11) is 2.59. The van der Waals surface area contributed by atoms with Crippen LogP contribution in [0.25, 0.3) is 22.1 Å². The van der Waals surface area contributed by atoms with Gasteiger partial charge >= 0.3 is 12.2 Å². The fourth-order valence-electron chi connectivity index (χ4n) is 9.64.